The molecule has 0 aliphatic heterocycles. The second-order valence-corrected chi connectivity index (χ2v) is 6.09. The van der Waals surface area contributed by atoms with Gasteiger partial charge in [0.25, 0.3) is 0 Å². The van der Waals surface area contributed by atoms with Crippen LogP contribution in [-0.2, 0) is 9.59 Å². The topological polar surface area (TPSA) is 34.1 Å². The smallest absolute Gasteiger partial charge is 0.186 e. The van der Waals surface area contributed by atoms with Gasteiger partial charge in [0, 0.05) is 24.3 Å². The van der Waals surface area contributed by atoms with E-state index in [4.69, 9.17) is 0 Å². The van der Waals surface area contributed by atoms with Gasteiger partial charge in [-0.3, -0.25) is 9.59 Å². The standard InChI is InChI=1S/C9H16O2S2/c1-5-9(4,13-8(3)11)6-12-7(2)10/h5-6H2,1-4H3. The third-order valence-electron chi connectivity index (χ3n) is 1.72. The number of hydrogen-bond acceptors (Lipinski definition) is 4. The van der Waals surface area contributed by atoms with Crippen molar-refractivity contribution in [3.05, 3.63) is 0 Å². The molecule has 0 radical (unpaired) electrons. The lowest BCUT2D eigenvalue weighted by molar-refractivity contribution is -0.110. The molecule has 0 amide bonds. The summed E-state index contributed by atoms with van der Waals surface area (Å²) < 4.78 is -0.0951. The number of carbonyl (C=O) groups excluding carboxylic acids is 2. The molecule has 13 heavy (non-hydrogen) atoms. The Balaban J connectivity index is 4.10. The molecule has 76 valence electrons. The summed E-state index contributed by atoms with van der Waals surface area (Å²) in [4.78, 5) is 21.7. The number of thioether (sulfide) groups is 2. The zero-order valence-corrected chi connectivity index (χ0v) is 10.2. The first-order chi connectivity index (χ1) is 5.89. The third-order valence-corrected chi connectivity index (χ3v) is 4.30. The molecular weight excluding hydrogens is 204 g/mol. The van der Waals surface area contributed by atoms with E-state index in [1.165, 1.54) is 23.5 Å². The van der Waals surface area contributed by atoms with Gasteiger partial charge >= 0.3 is 0 Å². The van der Waals surface area contributed by atoms with Crippen molar-refractivity contribution in [2.45, 2.75) is 38.9 Å². The van der Waals surface area contributed by atoms with Gasteiger partial charge in [-0.25, -0.2) is 0 Å². The fourth-order valence-corrected chi connectivity index (χ4v) is 2.77. The summed E-state index contributed by atoms with van der Waals surface area (Å²) in [7, 11) is 0. The monoisotopic (exact) mass is 220 g/mol. The maximum absolute atomic E-state index is 10.9. The summed E-state index contributed by atoms with van der Waals surface area (Å²) >= 11 is 2.62. The molecule has 0 spiro atoms. The van der Waals surface area contributed by atoms with Crippen molar-refractivity contribution in [1.82, 2.24) is 0 Å². The van der Waals surface area contributed by atoms with Crippen LogP contribution < -0.4 is 0 Å². The maximum Gasteiger partial charge on any atom is 0.186 e. The van der Waals surface area contributed by atoms with Crippen LogP contribution in [0, 0.1) is 0 Å². The van der Waals surface area contributed by atoms with Gasteiger partial charge in [0.15, 0.2) is 10.2 Å². The Morgan fingerprint density at radius 1 is 1.23 bits per heavy atom. The van der Waals surface area contributed by atoms with Gasteiger partial charge in [0.05, 0.1) is 0 Å². The maximum atomic E-state index is 10.9. The highest BCUT2D eigenvalue weighted by Crippen LogP contribution is 2.32. The fourth-order valence-electron chi connectivity index (χ4n) is 0.805. The molecule has 0 aromatic rings. The molecule has 0 aliphatic carbocycles. The average Bonchev–Trinajstić information content (AvgIpc) is 2.00. The van der Waals surface area contributed by atoms with Crippen LogP contribution in [-0.4, -0.2) is 20.7 Å². The summed E-state index contributed by atoms with van der Waals surface area (Å²) in [6, 6.07) is 0. The minimum Gasteiger partial charge on any atom is -0.288 e. The Kier molecular flexibility index (Phi) is 5.72. The van der Waals surface area contributed by atoms with E-state index in [9.17, 15) is 9.59 Å². The van der Waals surface area contributed by atoms with Crippen LogP contribution in [0.3, 0.4) is 0 Å². The molecule has 0 bridgehead atoms. The van der Waals surface area contributed by atoms with Crippen molar-refractivity contribution >= 4 is 33.8 Å². The third kappa shape index (κ3) is 6.16. The molecule has 2 nitrogen and oxygen atoms in total. The first-order valence-corrected chi connectivity index (χ1v) is 6.03. The van der Waals surface area contributed by atoms with Gasteiger partial charge in [0.2, 0.25) is 0 Å². The normalized spacial score (nSPS) is 15.1. The summed E-state index contributed by atoms with van der Waals surface area (Å²) in [5.41, 5.74) is 0. The first-order valence-electron chi connectivity index (χ1n) is 4.22. The Hall–Kier alpha value is 0.0400. The molecule has 4 heteroatoms. The van der Waals surface area contributed by atoms with E-state index in [1.54, 1.807) is 13.8 Å². The van der Waals surface area contributed by atoms with Gasteiger partial charge < -0.3 is 0 Å². The van der Waals surface area contributed by atoms with Crippen LogP contribution in [0.25, 0.3) is 0 Å². The Morgan fingerprint density at radius 3 is 2.08 bits per heavy atom. The van der Waals surface area contributed by atoms with Gasteiger partial charge in [-0.05, 0) is 13.3 Å². The van der Waals surface area contributed by atoms with E-state index in [-0.39, 0.29) is 15.0 Å². The molecular formula is C9H16O2S2. The van der Waals surface area contributed by atoms with Crippen molar-refractivity contribution in [3.8, 4) is 0 Å². The van der Waals surface area contributed by atoms with Gasteiger partial charge in [0.1, 0.15) is 0 Å². The molecule has 0 aromatic heterocycles. The first kappa shape index (κ1) is 13.0. The lowest BCUT2D eigenvalue weighted by atomic mass is 10.1. The largest absolute Gasteiger partial charge is 0.288 e. The lowest BCUT2D eigenvalue weighted by Gasteiger charge is -2.24. The van der Waals surface area contributed by atoms with Crippen LogP contribution in [0.5, 0.6) is 0 Å². The molecule has 1 atom stereocenters. The van der Waals surface area contributed by atoms with Crippen LogP contribution in [0.1, 0.15) is 34.1 Å². The predicted octanol–water partition coefficient (Wildman–Crippen LogP) is 2.71. The minimum atomic E-state index is -0.0951. The molecule has 0 aromatic carbocycles. The minimum absolute atomic E-state index is 0.0951. The molecule has 0 saturated heterocycles. The van der Waals surface area contributed by atoms with Gasteiger partial charge in [-0.1, -0.05) is 30.4 Å². The van der Waals surface area contributed by atoms with E-state index < -0.39 is 0 Å². The summed E-state index contributed by atoms with van der Waals surface area (Å²) in [5, 5.41) is 0.234. The van der Waals surface area contributed by atoms with E-state index in [0.29, 0.717) is 5.75 Å². The molecule has 0 aliphatic rings. The molecule has 0 saturated carbocycles. The van der Waals surface area contributed by atoms with Gasteiger partial charge in [-0.15, -0.1) is 0 Å². The van der Waals surface area contributed by atoms with Gasteiger partial charge in [-0.2, -0.15) is 0 Å². The highest BCUT2D eigenvalue weighted by molar-refractivity contribution is 8.17. The molecule has 0 rings (SSSR count). The Labute approximate surface area is 88.2 Å². The van der Waals surface area contributed by atoms with Crippen LogP contribution in [0.15, 0.2) is 0 Å². The molecule has 0 N–H and O–H groups in total. The fraction of sp³-hybridized carbons (Fsp3) is 0.778. The molecule has 1 unspecified atom stereocenters. The summed E-state index contributed by atoms with van der Waals surface area (Å²) in [5.74, 6) is 0.711. The summed E-state index contributed by atoms with van der Waals surface area (Å²) in [6.45, 7) is 7.18. The van der Waals surface area contributed by atoms with Crippen LogP contribution >= 0.6 is 23.5 Å². The van der Waals surface area contributed by atoms with Crippen molar-refractivity contribution in [2.75, 3.05) is 5.75 Å². The van der Waals surface area contributed by atoms with E-state index >= 15 is 0 Å². The summed E-state index contributed by atoms with van der Waals surface area (Å²) in [6.07, 6.45) is 0.900. The Bertz CT molecular complexity index is 204. The molecule has 0 fully saturated rings. The average molecular weight is 220 g/mol. The Morgan fingerprint density at radius 2 is 1.77 bits per heavy atom. The number of rotatable bonds is 4. The van der Waals surface area contributed by atoms with E-state index in [2.05, 4.69) is 0 Å². The van der Waals surface area contributed by atoms with E-state index in [0.717, 1.165) is 6.42 Å². The van der Waals surface area contributed by atoms with Crippen molar-refractivity contribution in [1.29, 1.82) is 0 Å². The SMILES string of the molecule is CCC(C)(CSC(C)=O)SC(C)=O. The van der Waals surface area contributed by atoms with Crippen molar-refractivity contribution in [3.63, 3.8) is 0 Å². The zero-order chi connectivity index (χ0) is 10.5. The van der Waals surface area contributed by atoms with Crippen molar-refractivity contribution < 1.29 is 9.59 Å². The van der Waals surface area contributed by atoms with Crippen molar-refractivity contribution in [2.24, 2.45) is 0 Å². The highest BCUT2D eigenvalue weighted by atomic mass is 32.2. The number of hydrogen-bond donors (Lipinski definition) is 0. The quantitative estimate of drug-likeness (QED) is 0.729. The lowest BCUT2D eigenvalue weighted by Crippen LogP contribution is -2.24. The van der Waals surface area contributed by atoms with Crippen LogP contribution in [0.2, 0.25) is 0 Å². The highest BCUT2D eigenvalue weighted by Gasteiger charge is 2.25. The molecule has 0 heterocycles. The van der Waals surface area contributed by atoms with Crippen LogP contribution in [0.4, 0.5) is 0 Å². The second kappa shape index (κ2) is 5.70. The van der Waals surface area contributed by atoms with E-state index in [1.807, 2.05) is 13.8 Å². The number of carbonyl (C=O) groups is 2. The second-order valence-electron chi connectivity index (χ2n) is 3.18. The predicted molar refractivity (Wildman–Crippen MR) is 60.1 cm³/mol. The zero-order valence-electron chi connectivity index (χ0n) is 8.55.